The van der Waals surface area contributed by atoms with Crippen molar-refractivity contribution >= 4 is 16.7 Å². The summed E-state index contributed by atoms with van der Waals surface area (Å²) in [5.74, 6) is 0.592. The normalized spacial score (nSPS) is 15.1. The van der Waals surface area contributed by atoms with Crippen LogP contribution < -0.4 is 0 Å². The zero-order valence-electron chi connectivity index (χ0n) is 18.1. The van der Waals surface area contributed by atoms with Gasteiger partial charge in [0, 0.05) is 37.3 Å². The number of fused-ring (bicyclic) bond motifs is 1. The van der Waals surface area contributed by atoms with Crippen molar-refractivity contribution in [2.45, 2.75) is 12.7 Å². The number of nitrogens with zero attached hydrogens (tertiary/aromatic N) is 4. The maximum Gasteiger partial charge on any atom is 0.416 e. The maximum atomic E-state index is 13.0. The van der Waals surface area contributed by atoms with Gasteiger partial charge in [-0.25, -0.2) is 0 Å². The zero-order chi connectivity index (χ0) is 23.7. The molecule has 5 rings (SSSR count). The molecule has 174 valence electrons. The number of halogens is 3. The molecule has 0 unspecified atom stereocenters. The fourth-order valence-electron chi connectivity index (χ4n) is 4.16. The van der Waals surface area contributed by atoms with Crippen molar-refractivity contribution in [2.75, 3.05) is 26.2 Å². The number of piperazine rings is 1. The van der Waals surface area contributed by atoms with Crippen molar-refractivity contribution in [3.05, 3.63) is 83.7 Å². The number of hydrogen-bond donors (Lipinski definition) is 0. The number of alkyl halides is 3. The smallest absolute Gasteiger partial charge is 0.336 e. The molecule has 4 aromatic rings. The molecule has 34 heavy (non-hydrogen) atoms. The molecular weight excluding hydrogens is 445 g/mol. The summed E-state index contributed by atoms with van der Waals surface area (Å²) in [6.07, 6.45) is -4.48. The van der Waals surface area contributed by atoms with Gasteiger partial charge in [-0.05, 0) is 35.0 Å². The predicted octanol–water partition coefficient (Wildman–Crippen LogP) is 4.87. The van der Waals surface area contributed by atoms with Gasteiger partial charge in [-0.1, -0.05) is 47.6 Å². The van der Waals surface area contributed by atoms with E-state index in [9.17, 15) is 18.0 Å². The van der Waals surface area contributed by atoms with Crippen molar-refractivity contribution in [1.82, 2.24) is 19.9 Å². The Morgan fingerprint density at radius 1 is 0.941 bits per heavy atom. The summed E-state index contributed by atoms with van der Waals surface area (Å²) in [6.45, 7) is 2.39. The molecule has 9 heteroatoms. The van der Waals surface area contributed by atoms with Crippen LogP contribution in [0.5, 0.6) is 0 Å². The highest BCUT2D eigenvalue weighted by molar-refractivity contribution is 5.95. The first-order chi connectivity index (χ1) is 16.4. The number of amides is 1. The number of benzene rings is 3. The van der Waals surface area contributed by atoms with Crippen LogP contribution in [0.25, 0.3) is 22.2 Å². The lowest BCUT2D eigenvalue weighted by molar-refractivity contribution is -0.137. The Labute approximate surface area is 193 Å². The molecule has 0 atom stereocenters. The van der Waals surface area contributed by atoms with Crippen molar-refractivity contribution in [3.8, 4) is 11.5 Å². The Bertz CT molecular complexity index is 1320. The van der Waals surface area contributed by atoms with Crippen LogP contribution in [0.4, 0.5) is 13.2 Å². The quantitative estimate of drug-likeness (QED) is 0.430. The monoisotopic (exact) mass is 466 g/mol. The van der Waals surface area contributed by atoms with Gasteiger partial charge in [0.1, 0.15) is 0 Å². The van der Waals surface area contributed by atoms with E-state index in [4.69, 9.17) is 4.52 Å². The fraction of sp³-hybridized carbons (Fsp3) is 0.240. The van der Waals surface area contributed by atoms with Crippen LogP contribution >= 0.6 is 0 Å². The van der Waals surface area contributed by atoms with Crippen LogP contribution in [0.2, 0.25) is 0 Å². The lowest BCUT2D eigenvalue weighted by atomic mass is 10.0. The molecule has 1 fully saturated rings. The summed E-state index contributed by atoms with van der Waals surface area (Å²) in [5.41, 5.74) is 0.0885. The van der Waals surface area contributed by atoms with E-state index in [-0.39, 0.29) is 5.56 Å². The van der Waals surface area contributed by atoms with Crippen LogP contribution in [0.15, 0.2) is 71.3 Å². The maximum absolute atomic E-state index is 13.0. The highest BCUT2D eigenvalue weighted by atomic mass is 19.4. The van der Waals surface area contributed by atoms with E-state index in [1.165, 1.54) is 12.1 Å². The van der Waals surface area contributed by atoms with Crippen LogP contribution in [-0.4, -0.2) is 52.0 Å². The molecule has 0 saturated carbocycles. The molecule has 1 amide bonds. The summed E-state index contributed by atoms with van der Waals surface area (Å²) in [7, 11) is 0. The van der Waals surface area contributed by atoms with Crippen molar-refractivity contribution in [3.63, 3.8) is 0 Å². The Morgan fingerprint density at radius 3 is 2.47 bits per heavy atom. The number of hydrogen-bond acceptors (Lipinski definition) is 5. The standard InChI is InChI=1S/C25H21F3N4O2/c26-25(27,28)19-8-3-7-18(15-19)24(33)32-13-11-31(12-14-32)16-22-29-23(34-30-22)21-10-4-6-17-5-1-2-9-20(17)21/h1-10,15H,11-14,16H2. The van der Waals surface area contributed by atoms with Gasteiger partial charge in [0.15, 0.2) is 5.82 Å². The van der Waals surface area contributed by atoms with E-state index in [0.29, 0.717) is 44.4 Å². The molecular formula is C25H21F3N4O2. The number of carbonyl (C=O) groups excluding carboxylic acids is 1. The molecule has 1 saturated heterocycles. The highest BCUT2D eigenvalue weighted by Gasteiger charge is 2.32. The van der Waals surface area contributed by atoms with Crippen LogP contribution in [0.3, 0.4) is 0 Å². The van der Waals surface area contributed by atoms with Gasteiger partial charge < -0.3 is 9.42 Å². The third-order valence-electron chi connectivity index (χ3n) is 5.95. The first-order valence-corrected chi connectivity index (χ1v) is 10.9. The molecule has 2 heterocycles. The molecule has 0 bridgehead atoms. The van der Waals surface area contributed by atoms with Crippen LogP contribution in [-0.2, 0) is 12.7 Å². The first-order valence-electron chi connectivity index (χ1n) is 10.9. The van der Waals surface area contributed by atoms with Crippen LogP contribution in [0, 0.1) is 0 Å². The minimum Gasteiger partial charge on any atom is -0.336 e. The minimum atomic E-state index is -4.48. The molecule has 1 aliphatic heterocycles. The Hall–Kier alpha value is -3.72. The topological polar surface area (TPSA) is 62.5 Å². The van der Waals surface area contributed by atoms with Gasteiger partial charge in [-0.15, -0.1) is 0 Å². The molecule has 0 N–H and O–H groups in total. The van der Waals surface area contributed by atoms with Crippen molar-refractivity contribution in [2.24, 2.45) is 0 Å². The third-order valence-corrected chi connectivity index (χ3v) is 5.95. The van der Waals surface area contributed by atoms with Gasteiger partial charge in [0.25, 0.3) is 11.8 Å². The zero-order valence-corrected chi connectivity index (χ0v) is 18.1. The Morgan fingerprint density at radius 2 is 1.68 bits per heavy atom. The van der Waals surface area contributed by atoms with Crippen molar-refractivity contribution in [1.29, 1.82) is 0 Å². The largest absolute Gasteiger partial charge is 0.416 e. The summed E-state index contributed by atoms with van der Waals surface area (Å²) < 4.78 is 44.4. The lowest BCUT2D eigenvalue weighted by Crippen LogP contribution is -2.48. The summed E-state index contributed by atoms with van der Waals surface area (Å²) in [5, 5.41) is 6.23. The molecule has 0 aliphatic carbocycles. The van der Waals surface area contributed by atoms with Gasteiger partial charge >= 0.3 is 6.18 Å². The molecule has 1 aromatic heterocycles. The Kier molecular flexibility index (Phi) is 5.79. The van der Waals surface area contributed by atoms with E-state index in [2.05, 4.69) is 15.0 Å². The fourth-order valence-corrected chi connectivity index (χ4v) is 4.16. The number of carbonyl (C=O) groups is 1. The highest BCUT2D eigenvalue weighted by Crippen LogP contribution is 2.30. The molecule has 0 radical (unpaired) electrons. The van der Waals surface area contributed by atoms with E-state index in [0.717, 1.165) is 28.5 Å². The average molecular weight is 466 g/mol. The lowest BCUT2D eigenvalue weighted by Gasteiger charge is -2.34. The van der Waals surface area contributed by atoms with Crippen molar-refractivity contribution < 1.29 is 22.5 Å². The Balaban J connectivity index is 1.22. The summed E-state index contributed by atoms with van der Waals surface area (Å²) in [6, 6.07) is 18.4. The molecule has 6 nitrogen and oxygen atoms in total. The van der Waals surface area contributed by atoms with E-state index in [1.807, 2.05) is 42.5 Å². The van der Waals surface area contributed by atoms with E-state index < -0.39 is 17.6 Å². The van der Waals surface area contributed by atoms with E-state index >= 15 is 0 Å². The van der Waals surface area contributed by atoms with E-state index in [1.54, 1.807) is 4.90 Å². The second kappa shape index (κ2) is 8.90. The van der Waals surface area contributed by atoms with Crippen LogP contribution in [0.1, 0.15) is 21.7 Å². The SMILES string of the molecule is O=C(c1cccc(C(F)(F)F)c1)N1CCN(Cc2noc(-c3cccc4ccccc34)n2)CC1. The van der Waals surface area contributed by atoms with Gasteiger partial charge in [0.2, 0.25) is 0 Å². The minimum absolute atomic E-state index is 0.0428. The average Bonchev–Trinajstić information content (AvgIpc) is 3.31. The van der Waals surface area contributed by atoms with Gasteiger partial charge in [-0.3, -0.25) is 9.69 Å². The molecule has 1 aliphatic rings. The first kappa shape index (κ1) is 22.1. The van der Waals surface area contributed by atoms with Gasteiger partial charge in [0.05, 0.1) is 12.1 Å². The molecule has 3 aromatic carbocycles. The second-order valence-electron chi connectivity index (χ2n) is 8.19. The second-order valence-corrected chi connectivity index (χ2v) is 8.19. The summed E-state index contributed by atoms with van der Waals surface area (Å²) >= 11 is 0. The van der Waals surface area contributed by atoms with Gasteiger partial charge in [-0.2, -0.15) is 18.2 Å². The predicted molar refractivity (Wildman–Crippen MR) is 120 cm³/mol. The number of aromatic nitrogens is 2. The summed E-state index contributed by atoms with van der Waals surface area (Å²) in [4.78, 5) is 20.9. The number of rotatable bonds is 4. The molecule has 0 spiro atoms. The third kappa shape index (κ3) is 4.51.